The minimum absolute atomic E-state index is 0.128. The van der Waals surface area contributed by atoms with Crippen LogP contribution in [0.4, 0.5) is 0 Å². The quantitative estimate of drug-likeness (QED) is 0.898. The van der Waals surface area contributed by atoms with E-state index in [4.69, 9.17) is 0 Å². The van der Waals surface area contributed by atoms with Gasteiger partial charge < -0.3 is 5.11 Å². The lowest BCUT2D eigenvalue weighted by Crippen LogP contribution is -2.54. The molecule has 21 heavy (non-hydrogen) atoms. The van der Waals surface area contributed by atoms with Crippen molar-refractivity contribution in [2.75, 3.05) is 20.6 Å². The molecule has 2 atom stereocenters. The Balaban J connectivity index is 1.96. The van der Waals surface area contributed by atoms with Gasteiger partial charge in [0, 0.05) is 30.5 Å². The van der Waals surface area contributed by atoms with Gasteiger partial charge in [-0.2, -0.15) is 5.10 Å². The summed E-state index contributed by atoms with van der Waals surface area (Å²) in [6, 6.07) is 1.80. The molecule has 0 bridgehead atoms. The van der Waals surface area contributed by atoms with E-state index in [1.54, 1.807) is 29.3 Å². The van der Waals surface area contributed by atoms with Gasteiger partial charge in [-0.25, -0.2) is 4.98 Å². The number of nitrogens with zero attached hydrogens (tertiary/aromatic N) is 5. The second-order valence-electron chi connectivity index (χ2n) is 5.31. The van der Waals surface area contributed by atoms with Crippen molar-refractivity contribution < 1.29 is 9.90 Å². The van der Waals surface area contributed by atoms with Crippen LogP contribution in [0.25, 0.3) is 0 Å². The zero-order valence-electron chi connectivity index (χ0n) is 11.9. The van der Waals surface area contributed by atoms with E-state index in [9.17, 15) is 9.90 Å². The molecule has 3 heterocycles. The van der Waals surface area contributed by atoms with Gasteiger partial charge in [0.05, 0.1) is 6.54 Å². The number of aliphatic carboxylic acids is 1. The summed E-state index contributed by atoms with van der Waals surface area (Å²) in [5.74, 6) is -0.841. The van der Waals surface area contributed by atoms with E-state index in [1.807, 2.05) is 29.3 Å². The highest BCUT2D eigenvalue weighted by Crippen LogP contribution is 2.38. The summed E-state index contributed by atoms with van der Waals surface area (Å²) in [5.41, 5.74) is -1.02. The van der Waals surface area contributed by atoms with Crippen LogP contribution < -0.4 is 0 Å². The van der Waals surface area contributed by atoms with Crippen LogP contribution in [0.2, 0.25) is 0 Å². The maximum atomic E-state index is 12.0. The summed E-state index contributed by atoms with van der Waals surface area (Å²) in [7, 11) is 3.77. The SMILES string of the molecule is CN1CC(Cn2cccn2)(C(=O)O)N(C)C1c1nccs1. The Bertz CT molecular complexity index is 615. The number of hydrogen-bond acceptors (Lipinski definition) is 6. The van der Waals surface area contributed by atoms with E-state index in [-0.39, 0.29) is 6.17 Å². The fraction of sp³-hybridized carbons (Fsp3) is 0.462. The number of rotatable bonds is 4. The van der Waals surface area contributed by atoms with E-state index in [0.717, 1.165) is 5.01 Å². The fourth-order valence-electron chi connectivity index (χ4n) is 2.97. The Morgan fingerprint density at radius 2 is 2.33 bits per heavy atom. The standard InChI is InChI=1S/C13H17N5O2S/c1-16-8-13(12(19)20,9-18-6-3-4-15-18)17(2)11(16)10-14-5-7-21-10/h3-7,11H,8-9H2,1-2H3,(H,19,20). The van der Waals surface area contributed by atoms with E-state index in [1.165, 1.54) is 11.3 Å². The van der Waals surface area contributed by atoms with Gasteiger partial charge in [-0.1, -0.05) is 0 Å². The monoisotopic (exact) mass is 307 g/mol. The minimum Gasteiger partial charge on any atom is -0.480 e. The lowest BCUT2D eigenvalue weighted by molar-refractivity contribution is -0.150. The predicted molar refractivity (Wildman–Crippen MR) is 77.8 cm³/mol. The number of carboxylic acid groups (broad SMARTS) is 1. The molecule has 1 saturated heterocycles. The molecule has 0 spiro atoms. The van der Waals surface area contributed by atoms with Crippen LogP contribution in [-0.4, -0.2) is 61.8 Å². The second kappa shape index (κ2) is 5.21. The van der Waals surface area contributed by atoms with E-state index in [0.29, 0.717) is 13.1 Å². The van der Waals surface area contributed by atoms with E-state index >= 15 is 0 Å². The van der Waals surface area contributed by atoms with Crippen molar-refractivity contribution in [2.24, 2.45) is 0 Å². The van der Waals surface area contributed by atoms with Gasteiger partial charge in [-0.15, -0.1) is 11.3 Å². The van der Waals surface area contributed by atoms with Crippen molar-refractivity contribution >= 4 is 17.3 Å². The Hall–Kier alpha value is -1.77. The lowest BCUT2D eigenvalue weighted by atomic mass is 9.99. The maximum absolute atomic E-state index is 12.0. The summed E-state index contributed by atoms with van der Waals surface area (Å²) in [6.07, 6.45) is 5.06. The largest absolute Gasteiger partial charge is 0.480 e. The zero-order chi connectivity index (χ0) is 15.0. The van der Waals surface area contributed by atoms with Gasteiger partial charge in [-0.3, -0.25) is 19.3 Å². The van der Waals surface area contributed by atoms with Gasteiger partial charge in [0.25, 0.3) is 0 Å². The molecule has 8 heteroatoms. The van der Waals surface area contributed by atoms with Gasteiger partial charge in [0.15, 0.2) is 5.54 Å². The highest BCUT2D eigenvalue weighted by molar-refractivity contribution is 7.09. The Morgan fingerprint density at radius 3 is 2.90 bits per heavy atom. The molecule has 2 aromatic rings. The average molecular weight is 307 g/mol. The summed E-state index contributed by atoms with van der Waals surface area (Å²) in [4.78, 5) is 20.2. The predicted octanol–water partition coefficient (Wildman–Crippen LogP) is 0.739. The number of carboxylic acids is 1. The molecule has 1 aliphatic rings. The molecule has 0 saturated carbocycles. The van der Waals surface area contributed by atoms with Crippen LogP contribution in [0, 0.1) is 0 Å². The van der Waals surface area contributed by atoms with Crippen LogP contribution >= 0.6 is 11.3 Å². The minimum atomic E-state index is -1.02. The van der Waals surface area contributed by atoms with Gasteiger partial charge in [0.2, 0.25) is 0 Å². The molecule has 7 nitrogen and oxygen atoms in total. The Labute approximate surface area is 126 Å². The number of likely N-dealkylation sites (N-methyl/N-ethyl adjacent to an activating group) is 2. The molecule has 0 aliphatic carbocycles. The molecule has 2 unspecified atom stereocenters. The van der Waals surface area contributed by atoms with Gasteiger partial charge in [0.1, 0.15) is 11.2 Å². The van der Waals surface area contributed by atoms with Crippen molar-refractivity contribution in [1.29, 1.82) is 0 Å². The summed E-state index contributed by atoms with van der Waals surface area (Å²) in [5, 5.41) is 16.8. The normalized spacial score (nSPS) is 27.2. The van der Waals surface area contributed by atoms with Crippen LogP contribution in [-0.2, 0) is 11.3 Å². The maximum Gasteiger partial charge on any atom is 0.327 e. The van der Waals surface area contributed by atoms with Crippen molar-refractivity contribution in [1.82, 2.24) is 24.6 Å². The lowest BCUT2D eigenvalue weighted by Gasteiger charge is -2.32. The van der Waals surface area contributed by atoms with Gasteiger partial charge >= 0.3 is 5.97 Å². The molecule has 112 valence electrons. The third-order valence-corrected chi connectivity index (χ3v) is 4.84. The molecule has 0 amide bonds. The van der Waals surface area contributed by atoms with Crippen molar-refractivity contribution in [2.45, 2.75) is 18.2 Å². The average Bonchev–Trinajstić information content (AvgIpc) is 3.13. The van der Waals surface area contributed by atoms with Crippen LogP contribution in [0.1, 0.15) is 11.2 Å². The van der Waals surface area contributed by atoms with Gasteiger partial charge in [-0.05, 0) is 20.2 Å². The molecule has 3 rings (SSSR count). The summed E-state index contributed by atoms with van der Waals surface area (Å²) >= 11 is 1.54. The third kappa shape index (κ3) is 2.25. The van der Waals surface area contributed by atoms with Crippen LogP contribution in [0.5, 0.6) is 0 Å². The number of hydrogen-bond donors (Lipinski definition) is 1. The summed E-state index contributed by atoms with van der Waals surface area (Å²) < 4.78 is 1.67. The smallest absolute Gasteiger partial charge is 0.327 e. The Morgan fingerprint density at radius 1 is 1.52 bits per heavy atom. The molecular formula is C13H17N5O2S. The zero-order valence-corrected chi connectivity index (χ0v) is 12.7. The first-order valence-electron chi connectivity index (χ1n) is 6.58. The first-order chi connectivity index (χ1) is 10.0. The number of thiazole rings is 1. The number of aromatic nitrogens is 3. The summed E-state index contributed by atoms with van der Waals surface area (Å²) in [6.45, 7) is 0.723. The topological polar surface area (TPSA) is 74.5 Å². The molecule has 0 radical (unpaired) electrons. The molecule has 1 N–H and O–H groups in total. The van der Waals surface area contributed by atoms with Crippen molar-refractivity contribution in [3.05, 3.63) is 35.0 Å². The highest BCUT2D eigenvalue weighted by atomic mass is 32.1. The van der Waals surface area contributed by atoms with Crippen molar-refractivity contribution in [3.8, 4) is 0 Å². The number of carbonyl (C=O) groups is 1. The van der Waals surface area contributed by atoms with Crippen LogP contribution in [0.3, 0.4) is 0 Å². The van der Waals surface area contributed by atoms with E-state index < -0.39 is 11.5 Å². The first-order valence-corrected chi connectivity index (χ1v) is 7.46. The second-order valence-corrected chi connectivity index (χ2v) is 6.24. The molecular weight excluding hydrogens is 290 g/mol. The van der Waals surface area contributed by atoms with Crippen LogP contribution in [0.15, 0.2) is 30.0 Å². The molecule has 2 aromatic heterocycles. The van der Waals surface area contributed by atoms with Crippen molar-refractivity contribution in [3.63, 3.8) is 0 Å². The Kier molecular flexibility index (Phi) is 3.52. The molecule has 1 fully saturated rings. The highest BCUT2D eigenvalue weighted by Gasteiger charge is 2.54. The third-order valence-electron chi connectivity index (χ3n) is 4.02. The van der Waals surface area contributed by atoms with E-state index in [2.05, 4.69) is 10.1 Å². The fourth-order valence-corrected chi connectivity index (χ4v) is 3.81. The molecule has 0 aromatic carbocycles. The molecule has 1 aliphatic heterocycles. The first kappa shape index (κ1) is 14.2.